The third-order valence-corrected chi connectivity index (χ3v) is 8.46. The lowest BCUT2D eigenvalue weighted by atomic mass is 9.96. The van der Waals surface area contributed by atoms with Crippen LogP contribution in [0.25, 0.3) is 0 Å². The topological polar surface area (TPSA) is 174 Å². The molecule has 0 aliphatic carbocycles. The normalized spacial score (nSPS) is 15.2. The zero-order chi connectivity index (χ0) is 35.4. The first-order chi connectivity index (χ1) is 21.5. The molecule has 0 saturated carbocycles. The molecular weight excluding hydrogens is 608 g/mol. The predicted molar refractivity (Wildman–Crippen MR) is 185 cm³/mol. The van der Waals surface area contributed by atoms with Crippen LogP contribution in [0.4, 0.5) is 0 Å². The number of carbonyl (C=O) groups excluding carboxylic acids is 4. The molecule has 0 aliphatic heterocycles. The number of thioether (sulfide) groups is 1. The molecule has 0 radical (unpaired) electrons. The molecule has 0 unspecified atom stereocenters. The minimum absolute atomic E-state index is 0.292. The minimum Gasteiger partial charge on any atom is -0.480 e. The SMILES string of the molecule is CC[C@H](C)[C@H](NC(=O)[C@@H](NC(=O)[C@@H](CSC/C=C(\C)CC/C=C(\C)CCC=C(C)C)NC(C)=O)C(C)C)C(=O)N[C@@H](CO)C(=O)O. The van der Waals surface area contributed by atoms with E-state index in [4.69, 9.17) is 0 Å². The summed E-state index contributed by atoms with van der Waals surface area (Å²) in [6.07, 6.45) is 11.2. The third-order valence-electron chi connectivity index (χ3n) is 7.49. The van der Waals surface area contributed by atoms with Crippen molar-refractivity contribution in [2.45, 2.75) is 119 Å². The molecule has 262 valence electrons. The molecule has 0 heterocycles. The second kappa shape index (κ2) is 23.2. The molecule has 0 fully saturated rings. The highest BCUT2D eigenvalue weighted by atomic mass is 32.2. The van der Waals surface area contributed by atoms with Gasteiger partial charge < -0.3 is 31.5 Å². The summed E-state index contributed by atoms with van der Waals surface area (Å²) in [5.41, 5.74) is 3.95. The second-order valence-corrected chi connectivity index (χ2v) is 13.5. The van der Waals surface area contributed by atoms with Gasteiger partial charge in [-0.1, -0.05) is 69.1 Å². The maximum atomic E-state index is 13.4. The van der Waals surface area contributed by atoms with Gasteiger partial charge in [0.15, 0.2) is 0 Å². The van der Waals surface area contributed by atoms with Gasteiger partial charge in [-0.15, -0.1) is 0 Å². The summed E-state index contributed by atoms with van der Waals surface area (Å²) in [7, 11) is 0. The standard InChI is InChI=1S/C34H58N4O7S/c1-10-25(8)30(33(43)36-27(19-39)34(44)45)38-32(42)29(22(4)5)37-31(41)28(35-26(9)40)20-46-18-17-24(7)16-12-15-23(6)14-11-13-21(2)3/h13,15,17,22,25,27-30,39H,10-12,14,16,18-20H2,1-9H3,(H,35,40)(H,36,43)(H,37,41)(H,38,42)(H,44,45)/b23-15+,24-17+/t25-,27-,28+,29-,30-/m0/s1. The highest BCUT2D eigenvalue weighted by Gasteiger charge is 2.34. The molecule has 0 aromatic rings. The Morgan fingerprint density at radius 2 is 1.26 bits per heavy atom. The molecule has 0 bridgehead atoms. The van der Waals surface area contributed by atoms with Gasteiger partial charge >= 0.3 is 5.97 Å². The van der Waals surface area contributed by atoms with Crippen molar-refractivity contribution in [1.29, 1.82) is 0 Å². The first-order valence-corrected chi connectivity index (χ1v) is 17.2. The first-order valence-electron chi connectivity index (χ1n) is 16.1. The number of amides is 4. The number of carboxylic acid groups (broad SMARTS) is 1. The summed E-state index contributed by atoms with van der Waals surface area (Å²) >= 11 is 1.49. The number of carbonyl (C=O) groups is 5. The monoisotopic (exact) mass is 666 g/mol. The van der Waals surface area contributed by atoms with Crippen molar-refractivity contribution < 1.29 is 34.2 Å². The van der Waals surface area contributed by atoms with Crippen molar-refractivity contribution in [2.75, 3.05) is 18.1 Å². The fraction of sp³-hybridized carbons (Fsp3) is 0.676. The first kappa shape index (κ1) is 42.9. The fourth-order valence-corrected chi connectivity index (χ4v) is 5.34. The average molecular weight is 667 g/mol. The van der Waals surface area contributed by atoms with Gasteiger partial charge in [0, 0.05) is 18.4 Å². The average Bonchev–Trinajstić information content (AvgIpc) is 2.97. The van der Waals surface area contributed by atoms with Crippen LogP contribution in [0.5, 0.6) is 0 Å². The molecule has 0 spiro atoms. The maximum Gasteiger partial charge on any atom is 0.328 e. The van der Waals surface area contributed by atoms with E-state index in [9.17, 15) is 34.2 Å². The van der Waals surface area contributed by atoms with Gasteiger partial charge in [-0.3, -0.25) is 19.2 Å². The van der Waals surface area contributed by atoms with Gasteiger partial charge in [-0.2, -0.15) is 11.8 Å². The van der Waals surface area contributed by atoms with Crippen LogP contribution in [-0.2, 0) is 24.0 Å². The molecule has 46 heavy (non-hydrogen) atoms. The lowest BCUT2D eigenvalue weighted by Gasteiger charge is -2.29. The van der Waals surface area contributed by atoms with E-state index in [1.807, 2.05) is 6.92 Å². The van der Waals surface area contributed by atoms with Crippen molar-refractivity contribution in [3.05, 3.63) is 34.9 Å². The van der Waals surface area contributed by atoms with Crippen LogP contribution < -0.4 is 21.3 Å². The lowest BCUT2D eigenvalue weighted by Crippen LogP contribution is -2.60. The van der Waals surface area contributed by atoms with E-state index >= 15 is 0 Å². The van der Waals surface area contributed by atoms with Crippen molar-refractivity contribution in [2.24, 2.45) is 11.8 Å². The van der Waals surface area contributed by atoms with Crippen molar-refractivity contribution in [3.63, 3.8) is 0 Å². The maximum absolute atomic E-state index is 13.4. The Kier molecular flexibility index (Phi) is 21.7. The molecule has 4 amide bonds. The van der Waals surface area contributed by atoms with E-state index in [0.717, 1.165) is 25.7 Å². The van der Waals surface area contributed by atoms with E-state index in [2.05, 4.69) is 67.2 Å². The molecule has 0 rings (SSSR count). The molecule has 12 heteroatoms. The summed E-state index contributed by atoms with van der Waals surface area (Å²) in [6.45, 7) is 16.0. The smallest absolute Gasteiger partial charge is 0.328 e. The zero-order valence-electron chi connectivity index (χ0n) is 29.2. The second-order valence-electron chi connectivity index (χ2n) is 12.4. The number of allylic oxidation sites excluding steroid dienone is 5. The van der Waals surface area contributed by atoms with Crippen LogP contribution >= 0.6 is 11.8 Å². The Balaban J connectivity index is 5.36. The molecule has 5 atom stereocenters. The van der Waals surface area contributed by atoms with E-state index in [0.29, 0.717) is 17.9 Å². The summed E-state index contributed by atoms with van der Waals surface area (Å²) in [5, 5.41) is 28.8. The largest absolute Gasteiger partial charge is 0.480 e. The van der Waals surface area contributed by atoms with Crippen LogP contribution in [0.1, 0.15) is 94.4 Å². The van der Waals surface area contributed by atoms with E-state index in [1.54, 1.807) is 20.8 Å². The predicted octanol–water partition coefficient (Wildman–Crippen LogP) is 3.88. The van der Waals surface area contributed by atoms with Gasteiger partial charge in [0.2, 0.25) is 23.6 Å². The number of hydrogen-bond donors (Lipinski definition) is 6. The molecule has 0 aromatic heterocycles. The van der Waals surface area contributed by atoms with Crippen molar-refractivity contribution >= 4 is 41.4 Å². The van der Waals surface area contributed by atoms with Crippen LogP contribution in [0.15, 0.2) is 34.9 Å². The van der Waals surface area contributed by atoms with E-state index in [1.165, 1.54) is 35.4 Å². The van der Waals surface area contributed by atoms with Crippen LogP contribution in [0.3, 0.4) is 0 Å². The van der Waals surface area contributed by atoms with Gasteiger partial charge in [-0.25, -0.2) is 4.79 Å². The quantitative estimate of drug-likeness (QED) is 0.0746. The summed E-state index contributed by atoms with van der Waals surface area (Å²) in [6, 6.07) is -4.52. The minimum atomic E-state index is -1.52. The number of aliphatic hydroxyl groups is 1. The Hall–Kier alpha value is -3.12. The number of nitrogens with one attached hydrogen (secondary N) is 4. The van der Waals surface area contributed by atoms with Crippen molar-refractivity contribution in [3.8, 4) is 0 Å². The third kappa shape index (κ3) is 18.1. The van der Waals surface area contributed by atoms with Gasteiger partial charge in [0.25, 0.3) is 0 Å². The number of carboxylic acids is 1. The van der Waals surface area contributed by atoms with E-state index < -0.39 is 54.5 Å². The number of rotatable bonds is 22. The Labute approximate surface area is 279 Å². The van der Waals surface area contributed by atoms with Crippen molar-refractivity contribution in [1.82, 2.24) is 21.3 Å². The van der Waals surface area contributed by atoms with Crippen LogP contribution in [0, 0.1) is 11.8 Å². The highest BCUT2D eigenvalue weighted by Crippen LogP contribution is 2.14. The summed E-state index contributed by atoms with van der Waals surface area (Å²) in [4.78, 5) is 62.7. The molecule has 0 aliphatic rings. The van der Waals surface area contributed by atoms with Gasteiger partial charge in [-0.05, 0) is 65.2 Å². The Morgan fingerprint density at radius 3 is 1.76 bits per heavy atom. The van der Waals surface area contributed by atoms with Gasteiger partial charge in [0.1, 0.15) is 24.2 Å². The van der Waals surface area contributed by atoms with Crippen LogP contribution in [0.2, 0.25) is 0 Å². The lowest BCUT2D eigenvalue weighted by molar-refractivity contribution is -0.143. The number of aliphatic hydroxyl groups excluding tert-OH is 1. The zero-order valence-corrected chi connectivity index (χ0v) is 30.0. The summed E-state index contributed by atoms with van der Waals surface area (Å²) < 4.78 is 0. The molecular formula is C34H58N4O7S. The summed E-state index contributed by atoms with van der Waals surface area (Å²) in [5.74, 6) is -3.46. The molecule has 0 aromatic carbocycles. The fourth-order valence-electron chi connectivity index (χ4n) is 4.33. The van der Waals surface area contributed by atoms with Crippen LogP contribution in [-0.4, -0.2) is 82.1 Å². The molecule has 11 nitrogen and oxygen atoms in total. The highest BCUT2D eigenvalue weighted by molar-refractivity contribution is 7.99. The number of hydrogen-bond acceptors (Lipinski definition) is 7. The molecule has 0 saturated heterocycles. The number of aliphatic carboxylic acids is 1. The van der Waals surface area contributed by atoms with E-state index in [-0.39, 0.29) is 17.7 Å². The Morgan fingerprint density at radius 1 is 0.717 bits per heavy atom. The van der Waals surface area contributed by atoms with Gasteiger partial charge in [0.05, 0.1) is 6.61 Å². The molecule has 6 N–H and O–H groups in total. The Bertz CT molecular complexity index is 1100.